The van der Waals surface area contributed by atoms with E-state index in [1.807, 2.05) is 18.2 Å². The third-order valence-electron chi connectivity index (χ3n) is 4.23. The molecule has 30 heavy (non-hydrogen) atoms. The van der Waals surface area contributed by atoms with Crippen LogP contribution in [-0.4, -0.2) is 27.5 Å². The number of alkyl halides is 2. The van der Waals surface area contributed by atoms with Gasteiger partial charge in [-0.05, 0) is 29.0 Å². The van der Waals surface area contributed by atoms with Crippen molar-refractivity contribution in [3.63, 3.8) is 0 Å². The molecule has 3 aromatic carbocycles. The highest BCUT2D eigenvalue weighted by Gasteiger charge is 2.16. The highest BCUT2D eigenvalue weighted by atomic mass is 32.2. The van der Waals surface area contributed by atoms with Gasteiger partial charge in [-0.25, -0.2) is 13.1 Å². The van der Waals surface area contributed by atoms with Crippen LogP contribution < -0.4 is 9.46 Å². The second-order valence-corrected chi connectivity index (χ2v) is 8.07. The van der Waals surface area contributed by atoms with Gasteiger partial charge in [0, 0.05) is 12.1 Å². The topological polar surface area (TPSA) is 81.7 Å². The van der Waals surface area contributed by atoms with E-state index in [2.05, 4.69) is 9.46 Å². The van der Waals surface area contributed by atoms with E-state index >= 15 is 0 Å². The number of benzene rings is 3. The van der Waals surface area contributed by atoms with Crippen molar-refractivity contribution < 1.29 is 31.5 Å². The van der Waals surface area contributed by atoms with Crippen molar-refractivity contribution in [2.24, 2.45) is 0 Å². The summed E-state index contributed by atoms with van der Waals surface area (Å²) in [7, 11) is -3.80. The standard InChI is InChI=1S/C21H19F2NO5S/c22-21(23)29-19-8-4-3-7-17(19)14-28-20(25)11-12-24-30(26,27)18-10-9-15-5-1-2-6-16(15)13-18/h1-10,13,21,24H,11-12,14H2. The molecule has 3 rings (SSSR count). The van der Waals surface area contributed by atoms with E-state index in [9.17, 15) is 22.0 Å². The minimum atomic E-state index is -3.80. The van der Waals surface area contributed by atoms with Gasteiger partial charge in [0.05, 0.1) is 11.3 Å². The number of ether oxygens (including phenoxy) is 2. The number of rotatable bonds is 9. The fourth-order valence-corrected chi connectivity index (χ4v) is 3.84. The quantitative estimate of drug-likeness (QED) is 0.517. The Hall–Kier alpha value is -3.04. The number of nitrogens with one attached hydrogen (secondary N) is 1. The fraction of sp³-hybridized carbons (Fsp3) is 0.190. The zero-order chi connectivity index (χ0) is 21.6. The Morgan fingerprint density at radius 3 is 2.43 bits per heavy atom. The molecule has 9 heteroatoms. The van der Waals surface area contributed by atoms with Crippen molar-refractivity contribution in [1.29, 1.82) is 0 Å². The predicted molar refractivity (Wildman–Crippen MR) is 107 cm³/mol. The predicted octanol–water partition coefficient (Wildman–Crippen LogP) is 3.85. The number of halogens is 2. The molecular formula is C21H19F2NO5S. The summed E-state index contributed by atoms with van der Waals surface area (Å²) < 4.78 is 61.4. The Balaban J connectivity index is 1.52. The van der Waals surface area contributed by atoms with Crippen LogP contribution in [0.3, 0.4) is 0 Å². The van der Waals surface area contributed by atoms with E-state index in [-0.39, 0.29) is 35.8 Å². The van der Waals surface area contributed by atoms with Crippen molar-refractivity contribution in [3.8, 4) is 5.75 Å². The van der Waals surface area contributed by atoms with Gasteiger partial charge >= 0.3 is 12.6 Å². The van der Waals surface area contributed by atoms with Crippen LogP contribution >= 0.6 is 0 Å². The summed E-state index contributed by atoms with van der Waals surface area (Å²) in [6.45, 7) is -3.42. The molecule has 0 aliphatic rings. The first-order chi connectivity index (χ1) is 14.3. The molecule has 0 atom stereocenters. The molecule has 0 aliphatic heterocycles. The first kappa shape index (κ1) is 21.7. The minimum Gasteiger partial charge on any atom is -0.461 e. The Morgan fingerprint density at radius 1 is 0.967 bits per heavy atom. The first-order valence-corrected chi connectivity index (χ1v) is 10.5. The van der Waals surface area contributed by atoms with Crippen LogP contribution in [0.4, 0.5) is 8.78 Å². The Morgan fingerprint density at radius 2 is 1.67 bits per heavy atom. The van der Waals surface area contributed by atoms with Crippen molar-refractivity contribution in [3.05, 3.63) is 72.3 Å². The normalized spacial score (nSPS) is 11.6. The van der Waals surface area contributed by atoms with Gasteiger partial charge in [-0.15, -0.1) is 0 Å². The monoisotopic (exact) mass is 435 g/mol. The number of fused-ring (bicyclic) bond motifs is 1. The lowest BCUT2D eigenvalue weighted by Gasteiger charge is -2.11. The molecule has 0 saturated heterocycles. The van der Waals surface area contributed by atoms with Gasteiger partial charge in [-0.3, -0.25) is 4.79 Å². The summed E-state index contributed by atoms with van der Waals surface area (Å²) in [5.74, 6) is -0.764. The molecule has 0 amide bonds. The zero-order valence-corrected chi connectivity index (χ0v) is 16.6. The molecule has 158 valence electrons. The van der Waals surface area contributed by atoms with Crippen molar-refractivity contribution in [2.75, 3.05) is 6.54 Å². The summed E-state index contributed by atoms with van der Waals surface area (Å²) in [6, 6.07) is 18.0. The first-order valence-electron chi connectivity index (χ1n) is 9.02. The highest BCUT2D eigenvalue weighted by Crippen LogP contribution is 2.21. The van der Waals surface area contributed by atoms with Crippen LogP contribution in [0.5, 0.6) is 5.75 Å². The molecule has 0 bridgehead atoms. The van der Waals surface area contributed by atoms with Crippen molar-refractivity contribution in [1.82, 2.24) is 4.72 Å². The number of hydrogen-bond acceptors (Lipinski definition) is 5. The Kier molecular flexibility index (Phi) is 6.96. The van der Waals surface area contributed by atoms with Crippen molar-refractivity contribution >= 4 is 26.8 Å². The van der Waals surface area contributed by atoms with Gasteiger partial charge in [0.25, 0.3) is 0 Å². The van der Waals surface area contributed by atoms with E-state index in [4.69, 9.17) is 4.74 Å². The van der Waals surface area contributed by atoms with E-state index in [0.717, 1.165) is 10.8 Å². The second-order valence-electron chi connectivity index (χ2n) is 6.30. The molecule has 0 aliphatic carbocycles. The van der Waals surface area contributed by atoms with Gasteiger partial charge in [0.2, 0.25) is 10.0 Å². The maximum absolute atomic E-state index is 12.4. The maximum atomic E-state index is 12.4. The number of hydrogen-bond donors (Lipinski definition) is 1. The number of carbonyl (C=O) groups is 1. The molecule has 1 N–H and O–H groups in total. The maximum Gasteiger partial charge on any atom is 0.387 e. The SMILES string of the molecule is O=C(CCNS(=O)(=O)c1ccc2ccccc2c1)OCc1ccccc1OC(F)F. The molecule has 0 unspecified atom stereocenters. The summed E-state index contributed by atoms with van der Waals surface area (Å²) in [4.78, 5) is 12.0. The number of sulfonamides is 1. The minimum absolute atomic E-state index is 0.0858. The van der Waals surface area contributed by atoms with Crippen LogP contribution in [-0.2, 0) is 26.2 Å². The van der Waals surface area contributed by atoms with Gasteiger partial charge in [-0.2, -0.15) is 8.78 Å². The summed E-state index contributed by atoms with van der Waals surface area (Å²) in [6.07, 6.45) is -0.218. The number of para-hydroxylation sites is 1. The summed E-state index contributed by atoms with van der Waals surface area (Å²) in [5, 5.41) is 1.69. The average Bonchev–Trinajstić information content (AvgIpc) is 2.72. The lowest BCUT2D eigenvalue weighted by Crippen LogP contribution is -2.26. The van der Waals surface area contributed by atoms with Crippen LogP contribution in [0.15, 0.2) is 71.6 Å². The molecule has 0 saturated carbocycles. The average molecular weight is 435 g/mol. The zero-order valence-electron chi connectivity index (χ0n) is 15.8. The fourth-order valence-electron chi connectivity index (χ4n) is 2.77. The number of esters is 1. The van der Waals surface area contributed by atoms with Crippen molar-refractivity contribution in [2.45, 2.75) is 24.5 Å². The summed E-state index contributed by atoms with van der Waals surface area (Å²) >= 11 is 0. The Labute approximate surface area is 172 Å². The van der Waals surface area contributed by atoms with Gasteiger partial charge < -0.3 is 9.47 Å². The smallest absolute Gasteiger partial charge is 0.387 e. The molecule has 0 fully saturated rings. The van der Waals surface area contributed by atoms with E-state index < -0.39 is 22.6 Å². The molecule has 0 spiro atoms. The Bertz CT molecular complexity index is 1130. The molecule has 0 heterocycles. The summed E-state index contributed by atoms with van der Waals surface area (Å²) in [5.41, 5.74) is 0.280. The molecular weight excluding hydrogens is 416 g/mol. The van der Waals surface area contributed by atoms with E-state index in [1.165, 1.54) is 24.3 Å². The third-order valence-corrected chi connectivity index (χ3v) is 5.69. The van der Waals surface area contributed by atoms with Crippen LogP contribution in [0.25, 0.3) is 10.8 Å². The highest BCUT2D eigenvalue weighted by molar-refractivity contribution is 7.89. The van der Waals surface area contributed by atoms with Crippen LogP contribution in [0.1, 0.15) is 12.0 Å². The molecule has 0 aromatic heterocycles. The lowest BCUT2D eigenvalue weighted by molar-refractivity contribution is -0.144. The molecule has 6 nitrogen and oxygen atoms in total. The number of carbonyl (C=O) groups excluding carboxylic acids is 1. The lowest BCUT2D eigenvalue weighted by atomic mass is 10.1. The molecule has 0 radical (unpaired) electrons. The molecule has 3 aromatic rings. The van der Waals surface area contributed by atoms with Gasteiger partial charge in [-0.1, -0.05) is 48.5 Å². The largest absolute Gasteiger partial charge is 0.461 e. The second kappa shape index (κ2) is 9.64. The third kappa shape index (κ3) is 5.74. The van der Waals surface area contributed by atoms with Gasteiger partial charge in [0.1, 0.15) is 12.4 Å². The van der Waals surface area contributed by atoms with E-state index in [1.54, 1.807) is 24.3 Å². The van der Waals surface area contributed by atoms with Gasteiger partial charge in [0.15, 0.2) is 0 Å². The van der Waals surface area contributed by atoms with Crippen LogP contribution in [0, 0.1) is 0 Å². The van der Waals surface area contributed by atoms with E-state index in [0.29, 0.717) is 0 Å². The van der Waals surface area contributed by atoms with Crippen LogP contribution in [0.2, 0.25) is 0 Å².